The van der Waals surface area contributed by atoms with Crippen LogP contribution in [0.1, 0.15) is 38.5 Å². The maximum atomic E-state index is 2.30. The molecule has 0 unspecified atom stereocenters. The summed E-state index contributed by atoms with van der Waals surface area (Å²) in [6.07, 6.45) is 16.9. The number of rotatable bonds is 0. The third kappa shape index (κ3) is 3.44. The minimum absolute atomic E-state index is 1.15. The first kappa shape index (κ1) is 13.3. The number of aryl methyl sites for hydroxylation is 2. The maximum absolute atomic E-state index is 2.30. The highest BCUT2D eigenvalue weighted by molar-refractivity contribution is 5.60. The van der Waals surface area contributed by atoms with Crippen LogP contribution in [0.25, 0.3) is 11.1 Å². The van der Waals surface area contributed by atoms with Gasteiger partial charge in [-0.2, -0.15) is 0 Å². The zero-order valence-electron chi connectivity index (χ0n) is 12.2. The van der Waals surface area contributed by atoms with E-state index in [-0.39, 0.29) is 0 Å². The highest BCUT2D eigenvalue weighted by Crippen LogP contribution is 2.16. The average Bonchev–Trinajstić information content (AvgIpc) is 2.50. The van der Waals surface area contributed by atoms with Crippen molar-refractivity contribution in [3.05, 3.63) is 49.1 Å². The Balaban J connectivity index is 1.83. The van der Waals surface area contributed by atoms with Crippen molar-refractivity contribution in [1.29, 1.82) is 0 Å². The lowest BCUT2D eigenvalue weighted by Crippen LogP contribution is -2.33. The van der Waals surface area contributed by atoms with E-state index in [0.29, 0.717) is 0 Å². The Hall–Kier alpha value is -1.70. The van der Waals surface area contributed by atoms with Crippen LogP contribution >= 0.6 is 0 Å². The summed E-state index contributed by atoms with van der Waals surface area (Å²) in [7, 11) is 0. The molecule has 0 radical (unpaired) electrons. The highest BCUT2D eigenvalue weighted by atomic mass is 14.9. The van der Waals surface area contributed by atoms with Crippen LogP contribution in [0.4, 0.5) is 0 Å². The lowest BCUT2D eigenvalue weighted by atomic mass is 10.1. The standard InChI is InChI=1S/C18H24N2/c1-2-4-6-12-20-15-9-18(10-16-20)17-7-13-19(14-8-17)11-5-3-1/h7-10,13-16H,1-6,11-12H2/q+2. The van der Waals surface area contributed by atoms with Gasteiger partial charge in [0.2, 0.25) is 0 Å². The summed E-state index contributed by atoms with van der Waals surface area (Å²) in [5, 5.41) is 0. The molecule has 3 aliphatic rings. The molecule has 0 amide bonds. The monoisotopic (exact) mass is 268 g/mol. The number of nitrogens with zero attached hydrogens (tertiary/aromatic N) is 2. The molecular formula is C18H24N2+2. The number of hydrogen-bond acceptors (Lipinski definition) is 0. The fourth-order valence-corrected chi connectivity index (χ4v) is 2.89. The van der Waals surface area contributed by atoms with Gasteiger partial charge in [-0.25, -0.2) is 9.13 Å². The number of hydrogen-bond donors (Lipinski definition) is 0. The topological polar surface area (TPSA) is 7.76 Å². The summed E-state index contributed by atoms with van der Waals surface area (Å²) in [4.78, 5) is 0. The first-order valence-electron chi connectivity index (χ1n) is 7.90. The van der Waals surface area contributed by atoms with E-state index in [1.54, 1.807) is 0 Å². The van der Waals surface area contributed by atoms with Gasteiger partial charge in [0.1, 0.15) is 13.1 Å². The van der Waals surface area contributed by atoms with Crippen LogP contribution in [0.15, 0.2) is 49.1 Å². The number of aromatic nitrogens is 2. The molecule has 2 heteroatoms. The summed E-state index contributed by atoms with van der Waals surface area (Å²) < 4.78 is 4.61. The Morgan fingerprint density at radius 1 is 0.500 bits per heavy atom. The second-order valence-electron chi connectivity index (χ2n) is 5.77. The first-order chi connectivity index (χ1) is 9.92. The number of fused-ring (bicyclic) bond motifs is 2. The van der Waals surface area contributed by atoms with Crippen LogP contribution in [0.2, 0.25) is 0 Å². The molecule has 0 fully saturated rings. The van der Waals surface area contributed by atoms with Crippen LogP contribution in [0.5, 0.6) is 0 Å². The van der Waals surface area contributed by atoms with Gasteiger partial charge in [0.05, 0.1) is 0 Å². The predicted octanol–water partition coefficient (Wildman–Crippen LogP) is 3.28. The van der Waals surface area contributed by atoms with Gasteiger partial charge in [0.25, 0.3) is 0 Å². The quantitative estimate of drug-likeness (QED) is 0.648. The Kier molecular flexibility index (Phi) is 4.42. The molecule has 2 aromatic heterocycles. The molecule has 20 heavy (non-hydrogen) atoms. The molecule has 2 aromatic rings. The summed E-state index contributed by atoms with van der Waals surface area (Å²) in [6, 6.07) is 8.91. The van der Waals surface area contributed by atoms with Crippen molar-refractivity contribution in [3.63, 3.8) is 0 Å². The second kappa shape index (κ2) is 6.65. The fraction of sp³-hybridized carbons (Fsp3) is 0.444. The van der Waals surface area contributed by atoms with Gasteiger partial charge in [-0.05, 0) is 24.0 Å². The Labute approximate surface area is 121 Å². The smallest absolute Gasteiger partial charge is 0.169 e. The van der Waals surface area contributed by atoms with Crippen LogP contribution in [0, 0.1) is 0 Å². The van der Waals surface area contributed by atoms with Gasteiger partial charge < -0.3 is 0 Å². The van der Waals surface area contributed by atoms with Gasteiger partial charge in [0, 0.05) is 37.1 Å². The van der Waals surface area contributed by atoms with E-state index in [4.69, 9.17) is 0 Å². The van der Waals surface area contributed by atoms with E-state index in [2.05, 4.69) is 58.2 Å². The molecule has 0 aromatic carbocycles. The molecule has 5 rings (SSSR count). The molecule has 0 spiro atoms. The number of pyridine rings is 2. The third-order valence-electron chi connectivity index (χ3n) is 4.20. The summed E-state index contributed by atoms with van der Waals surface area (Å²) in [6.45, 7) is 2.30. The Bertz CT molecular complexity index is 477. The van der Waals surface area contributed by atoms with E-state index in [1.807, 2.05) is 0 Å². The van der Waals surface area contributed by atoms with Crippen molar-refractivity contribution >= 4 is 0 Å². The van der Waals surface area contributed by atoms with Crippen LogP contribution in [0.3, 0.4) is 0 Å². The molecule has 104 valence electrons. The van der Waals surface area contributed by atoms with Gasteiger partial charge >= 0.3 is 0 Å². The molecule has 5 heterocycles. The minimum atomic E-state index is 1.15. The van der Waals surface area contributed by atoms with E-state index in [9.17, 15) is 0 Å². The predicted molar refractivity (Wildman–Crippen MR) is 80.0 cm³/mol. The van der Waals surface area contributed by atoms with E-state index in [1.165, 1.54) is 49.7 Å². The summed E-state index contributed by atoms with van der Waals surface area (Å²) >= 11 is 0. The third-order valence-corrected chi connectivity index (χ3v) is 4.20. The molecular weight excluding hydrogens is 244 g/mol. The fourth-order valence-electron chi connectivity index (χ4n) is 2.89. The largest absolute Gasteiger partial charge is 0.205 e. The molecule has 0 atom stereocenters. The van der Waals surface area contributed by atoms with Crippen molar-refractivity contribution in [3.8, 4) is 11.1 Å². The van der Waals surface area contributed by atoms with Crippen molar-refractivity contribution < 1.29 is 9.13 Å². The lowest BCUT2D eigenvalue weighted by molar-refractivity contribution is -0.697. The molecule has 2 nitrogen and oxygen atoms in total. The van der Waals surface area contributed by atoms with Crippen LogP contribution in [-0.2, 0) is 13.1 Å². The second-order valence-corrected chi connectivity index (χ2v) is 5.77. The maximum Gasteiger partial charge on any atom is 0.169 e. The van der Waals surface area contributed by atoms with Crippen LogP contribution < -0.4 is 9.13 Å². The van der Waals surface area contributed by atoms with Gasteiger partial charge in [-0.15, -0.1) is 0 Å². The van der Waals surface area contributed by atoms with Gasteiger partial charge in [-0.3, -0.25) is 0 Å². The highest BCUT2D eigenvalue weighted by Gasteiger charge is 2.06. The van der Waals surface area contributed by atoms with E-state index >= 15 is 0 Å². The van der Waals surface area contributed by atoms with Crippen LogP contribution in [-0.4, -0.2) is 0 Å². The molecule has 0 saturated carbocycles. The Morgan fingerprint density at radius 3 is 1.25 bits per heavy atom. The van der Waals surface area contributed by atoms with Gasteiger partial charge in [0.15, 0.2) is 24.8 Å². The molecule has 4 bridgehead atoms. The SMILES string of the molecule is c1c[n+]2ccc1-c1cc[n+](cc1)CCCCCCCC2. The van der Waals surface area contributed by atoms with Gasteiger partial charge in [-0.1, -0.05) is 12.8 Å². The minimum Gasteiger partial charge on any atom is -0.205 e. The van der Waals surface area contributed by atoms with E-state index < -0.39 is 0 Å². The van der Waals surface area contributed by atoms with Crippen molar-refractivity contribution in [2.45, 2.75) is 51.6 Å². The first-order valence-corrected chi connectivity index (χ1v) is 7.90. The lowest BCUT2D eigenvalue weighted by Gasteiger charge is -2.04. The average molecular weight is 268 g/mol. The zero-order valence-corrected chi connectivity index (χ0v) is 12.2. The molecule has 0 saturated heterocycles. The van der Waals surface area contributed by atoms with Crippen molar-refractivity contribution in [1.82, 2.24) is 0 Å². The summed E-state index contributed by atoms with van der Waals surface area (Å²) in [5.41, 5.74) is 2.61. The molecule has 0 aliphatic carbocycles. The normalized spacial score (nSPS) is 16.4. The van der Waals surface area contributed by atoms with E-state index in [0.717, 1.165) is 13.1 Å². The Morgan fingerprint density at radius 2 is 0.850 bits per heavy atom. The van der Waals surface area contributed by atoms with Crippen molar-refractivity contribution in [2.75, 3.05) is 0 Å². The summed E-state index contributed by atoms with van der Waals surface area (Å²) in [5.74, 6) is 0. The zero-order chi connectivity index (χ0) is 13.6. The molecule has 0 N–H and O–H groups in total. The van der Waals surface area contributed by atoms with Crippen molar-refractivity contribution in [2.24, 2.45) is 0 Å². The molecule has 3 aliphatic heterocycles.